The van der Waals surface area contributed by atoms with Crippen LogP contribution in [-0.4, -0.2) is 65.4 Å². The Hall–Kier alpha value is -2.41. The number of carboxylic acid groups (broad SMARTS) is 1. The van der Waals surface area contributed by atoms with Crippen LogP contribution in [0.15, 0.2) is 30.3 Å². The first-order valence-corrected chi connectivity index (χ1v) is 9.61. The lowest BCUT2D eigenvalue weighted by atomic mass is 10.1. The van der Waals surface area contributed by atoms with Crippen molar-refractivity contribution in [1.82, 2.24) is 9.80 Å². The molecule has 1 aliphatic heterocycles. The zero-order chi connectivity index (χ0) is 19.5. The quantitative estimate of drug-likeness (QED) is 0.612. The van der Waals surface area contributed by atoms with Crippen LogP contribution in [-0.2, 0) is 14.4 Å². The summed E-state index contributed by atoms with van der Waals surface area (Å²) in [5, 5.41) is 11.5. The second kappa shape index (κ2) is 11.3. The van der Waals surface area contributed by atoms with E-state index in [1.54, 1.807) is 0 Å². The van der Waals surface area contributed by atoms with Crippen LogP contribution in [0.2, 0.25) is 0 Å². The zero-order valence-electron chi connectivity index (χ0n) is 15.7. The normalized spacial score (nSPS) is 14.7. The second-order valence-electron chi connectivity index (χ2n) is 6.88. The fourth-order valence-corrected chi connectivity index (χ4v) is 3.14. The number of carbonyl (C=O) groups excluding carboxylic acids is 2. The number of rotatable bonds is 10. The predicted molar refractivity (Wildman–Crippen MR) is 103 cm³/mol. The second-order valence-corrected chi connectivity index (χ2v) is 6.88. The van der Waals surface area contributed by atoms with E-state index in [0.717, 1.165) is 24.9 Å². The van der Waals surface area contributed by atoms with Gasteiger partial charge in [0.1, 0.15) is 0 Å². The molecule has 0 spiro atoms. The van der Waals surface area contributed by atoms with Crippen molar-refractivity contribution in [2.45, 2.75) is 38.5 Å². The lowest BCUT2D eigenvalue weighted by Crippen LogP contribution is -2.50. The molecule has 0 bridgehead atoms. The van der Waals surface area contributed by atoms with Gasteiger partial charge in [0.15, 0.2) is 0 Å². The maximum Gasteiger partial charge on any atom is 0.303 e. The molecular formula is C20H29N3O4. The summed E-state index contributed by atoms with van der Waals surface area (Å²) < 4.78 is 0. The molecule has 0 atom stereocenters. The van der Waals surface area contributed by atoms with Crippen molar-refractivity contribution in [2.75, 3.05) is 38.0 Å². The summed E-state index contributed by atoms with van der Waals surface area (Å²) in [5.74, 6) is -0.648. The lowest BCUT2D eigenvalue weighted by molar-refractivity contribution is -0.137. The van der Waals surface area contributed by atoms with Crippen molar-refractivity contribution in [3.8, 4) is 0 Å². The molecule has 1 heterocycles. The van der Waals surface area contributed by atoms with E-state index in [2.05, 4.69) is 10.2 Å². The smallest absolute Gasteiger partial charge is 0.303 e. The molecule has 7 nitrogen and oxygen atoms in total. The molecule has 7 heteroatoms. The highest BCUT2D eigenvalue weighted by molar-refractivity contribution is 5.92. The molecule has 148 valence electrons. The van der Waals surface area contributed by atoms with Crippen LogP contribution < -0.4 is 5.32 Å². The number of hydrogen-bond donors (Lipinski definition) is 2. The predicted octanol–water partition coefficient (Wildman–Crippen LogP) is 2.19. The van der Waals surface area contributed by atoms with Gasteiger partial charge in [-0.15, -0.1) is 0 Å². The van der Waals surface area contributed by atoms with Crippen molar-refractivity contribution >= 4 is 23.5 Å². The largest absolute Gasteiger partial charge is 0.481 e. The third kappa shape index (κ3) is 8.21. The van der Waals surface area contributed by atoms with E-state index in [1.165, 1.54) is 0 Å². The van der Waals surface area contributed by atoms with Gasteiger partial charge >= 0.3 is 5.97 Å². The molecule has 0 radical (unpaired) electrons. The Morgan fingerprint density at radius 2 is 1.52 bits per heavy atom. The fraction of sp³-hybridized carbons (Fsp3) is 0.550. The number of anilines is 1. The summed E-state index contributed by atoms with van der Waals surface area (Å²) in [5.41, 5.74) is 0.791. The van der Waals surface area contributed by atoms with E-state index in [0.29, 0.717) is 45.6 Å². The summed E-state index contributed by atoms with van der Waals surface area (Å²) in [6.45, 7) is 3.03. The van der Waals surface area contributed by atoms with Gasteiger partial charge in [0, 0.05) is 44.7 Å². The number of carbonyl (C=O) groups is 3. The number of nitrogens with zero attached hydrogens (tertiary/aromatic N) is 2. The van der Waals surface area contributed by atoms with Crippen molar-refractivity contribution in [2.24, 2.45) is 0 Å². The molecule has 1 saturated heterocycles. The van der Waals surface area contributed by atoms with Gasteiger partial charge in [0.2, 0.25) is 11.8 Å². The minimum Gasteiger partial charge on any atom is -0.481 e. The standard InChI is InChI=1S/C20H29N3O4/c24-18(21-17-8-4-3-5-9-17)16-22-12-14-23(15-13-22)19(25)10-6-1-2-7-11-20(26)27/h3-5,8-9H,1-2,6-7,10-16H2,(H,21,24)(H,26,27). The molecular weight excluding hydrogens is 346 g/mol. The molecule has 0 unspecified atom stereocenters. The molecule has 0 saturated carbocycles. The number of para-hydroxylation sites is 1. The molecule has 1 aliphatic rings. The van der Waals surface area contributed by atoms with Gasteiger partial charge in [0.05, 0.1) is 6.54 Å². The van der Waals surface area contributed by atoms with E-state index >= 15 is 0 Å². The molecule has 2 rings (SSSR count). The van der Waals surface area contributed by atoms with Crippen molar-refractivity contribution in [3.05, 3.63) is 30.3 Å². The van der Waals surface area contributed by atoms with Crippen LogP contribution in [0, 0.1) is 0 Å². The van der Waals surface area contributed by atoms with E-state index in [4.69, 9.17) is 5.11 Å². The highest BCUT2D eigenvalue weighted by Gasteiger charge is 2.22. The Balaban J connectivity index is 1.58. The monoisotopic (exact) mass is 375 g/mol. The SMILES string of the molecule is O=C(O)CCCCCCC(=O)N1CCN(CC(=O)Nc2ccccc2)CC1. The molecule has 1 aromatic rings. The van der Waals surface area contributed by atoms with Gasteiger partial charge in [-0.1, -0.05) is 31.0 Å². The van der Waals surface area contributed by atoms with Gasteiger partial charge in [-0.3, -0.25) is 19.3 Å². The number of amides is 2. The van der Waals surface area contributed by atoms with E-state index < -0.39 is 5.97 Å². The van der Waals surface area contributed by atoms with Gasteiger partial charge in [0.25, 0.3) is 0 Å². The Bertz CT molecular complexity index is 613. The number of hydrogen-bond acceptors (Lipinski definition) is 4. The van der Waals surface area contributed by atoms with Crippen LogP contribution in [0.5, 0.6) is 0 Å². The number of unbranched alkanes of at least 4 members (excludes halogenated alkanes) is 3. The van der Waals surface area contributed by atoms with Crippen molar-refractivity contribution in [3.63, 3.8) is 0 Å². The van der Waals surface area contributed by atoms with E-state index in [1.807, 2.05) is 35.2 Å². The topological polar surface area (TPSA) is 90.0 Å². The summed E-state index contributed by atoms with van der Waals surface area (Å²) >= 11 is 0. The minimum atomic E-state index is -0.763. The van der Waals surface area contributed by atoms with Gasteiger partial charge < -0.3 is 15.3 Å². The number of benzene rings is 1. The first-order valence-electron chi connectivity index (χ1n) is 9.61. The van der Waals surface area contributed by atoms with Crippen molar-refractivity contribution < 1.29 is 19.5 Å². The maximum absolute atomic E-state index is 12.2. The molecule has 1 fully saturated rings. The third-order valence-corrected chi connectivity index (χ3v) is 4.68. The van der Waals surface area contributed by atoms with Gasteiger partial charge in [-0.05, 0) is 25.0 Å². The highest BCUT2D eigenvalue weighted by atomic mass is 16.4. The Morgan fingerprint density at radius 1 is 0.889 bits per heavy atom. The summed E-state index contributed by atoms with van der Waals surface area (Å²) in [6, 6.07) is 9.38. The van der Waals surface area contributed by atoms with Crippen molar-refractivity contribution in [1.29, 1.82) is 0 Å². The lowest BCUT2D eigenvalue weighted by Gasteiger charge is -2.34. The van der Waals surface area contributed by atoms with Gasteiger partial charge in [-0.25, -0.2) is 0 Å². The minimum absolute atomic E-state index is 0.0395. The zero-order valence-corrected chi connectivity index (χ0v) is 15.7. The van der Waals surface area contributed by atoms with E-state index in [9.17, 15) is 14.4 Å². The summed E-state index contributed by atoms with van der Waals surface area (Å²) in [6.07, 6.45) is 3.93. The van der Waals surface area contributed by atoms with Gasteiger partial charge in [-0.2, -0.15) is 0 Å². The third-order valence-electron chi connectivity index (χ3n) is 4.68. The molecule has 0 aliphatic carbocycles. The molecule has 1 aromatic carbocycles. The summed E-state index contributed by atoms with van der Waals surface area (Å²) in [4.78, 5) is 38.7. The molecule has 2 N–H and O–H groups in total. The first kappa shape index (κ1) is 20.9. The highest BCUT2D eigenvalue weighted by Crippen LogP contribution is 2.10. The number of carboxylic acids is 1. The fourth-order valence-electron chi connectivity index (χ4n) is 3.14. The molecule has 2 amide bonds. The number of piperazine rings is 1. The van der Waals surface area contributed by atoms with Crippen LogP contribution in [0.3, 0.4) is 0 Å². The Kier molecular flexibility index (Phi) is 8.77. The van der Waals surface area contributed by atoms with Crippen LogP contribution in [0.4, 0.5) is 5.69 Å². The Morgan fingerprint density at radius 3 is 2.15 bits per heavy atom. The maximum atomic E-state index is 12.2. The van der Waals surface area contributed by atoms with Crippen LogP contribution in [0.1, 0.15) is 38.5 Å². The van der Waals surface area contributed by atoms with Crippen LogP contribution in [0.25, 0.3) is 0 Å². The van der Waals surface area contributed by atoms with E-state index in [-0.39, 0.29) is 18.2 Å². The summed E-state index contributed by atoms with van der Waals surface area (Å²) in [7, 11) is 0. The molecule has 27 heavy (non-hydrogen) atoms. The number of aliphatic carboxylic acids is 1. The number of nitrogens with one attached hydrogen (secondary N) is 1. The average molecular weight is 375 g/mol. The Labute approximate surface area is 160 Å². The van der Waals surface area contributed by atoms with Crippen LogP contribution >= 0.6 is 0 Å². The first-order chi connectivity index (χ1) is 13.0. The molecule has 0 aromatic heterocycles. The average Bonchev–Trinajstić information content (AvgIpc) is 2.65.